The predicted molar refractivity (Wildman–Crippen MR) is 114 cm³/mol. The standard InChI is InChI=1S/C22H26BrNO5/c1-27-18-11-15(12-19(28-2)21(18)29-3)20(16-8-4-5-9-17(16)23)24-10-6-7-14(13-24)22(25)26/h4-5,8-9,11-12,14,20H,6-7,10,13H2,1-3H3,(H,25,26). The lowest BCUT2D eigenvalue weighted by Crippen LogP contribution is -2.41. The van der Waals surface area contributed by atoms with Gasteiger partial charge in [0.05, 0.1) is 33.3 Å². The average molecular weight is 464 g/mol. The molecule has 156 valence electrons. The molecule has 1 fully saturated rings. The van der Waals surface area contributed by atoms with Crippen LogP contribution in [0.5, 0.6) is 17.2 Å². The quantitative estimate of drug-likeness (QED) is 0.657. The molecule has 0 spiro atoms. The zero-order valence-electron chi connectivity index (χ0n) is 16.9. The summed E-state index contributed by atoms with van der Waals surface area (Å²) in [5.41, 5.74) is 2.02. The van der Waals surface area contributed by atoms with Crippen LogP contribution < -0.4 is 14.2 Å². The molecule has 2 aromatic carbocycles. The summed E-state index contributed by atoms with van der Waals surface area (Å²) in [5, 5.41) is 9.57. The minimum atomic E-state index is -0.745. The number of carboxylic acid groups (broad SMARTS) is 1. The van der Waals surface area contributed by atoms with Crippen LogP contribution in [0.15, 0.2) is 40.9 Å². The van der Waals surface area contributed by atoms with Crippen molar-refractivity contribution in [2.75, 3.05) is 34.4 Å². The van der Waals surface area contributed by atoms with Gasteiger partial charge in [-0.3, -0.25) is 9.69 Å². The van der Waals surface area contributed by atoms with Gasteiger partial charge in [-0.05, 0) is 48.7 Å². The number of rotatable bonds is 7. The number of carbonyl (C=O) groups is 1. The Kier molecular flexibility index (Phi) is 7.03. The van der Waals surface area contributed by atoms with Gasteiger partial charge in [0.1, 0.15) is 0 Å². The molecule has 1 N–H and O–H groups in total. The lowest BCUT2D eigenvalue weighted by atomic mass is 9.91. The van der Waals surface area contributed by atoms with Crippen molar-refractivity contribution in [1.82, 2.24) is 4.90 Å². The smallest absolute Gasteiger partial charge is 0.307 e. The molecule has 1 aliphatic rings. The second-order valence-electron chi connectivity index (χ2n) is 7.06. The van der Waals surface area contributed by atoms with Crippen molar-refractivity contribution in [3.63, 3.8) is 0 Å². The first kappa shape index (κ1) is 21.5. The number of methoxy groups -OCH3 is 3. The molecule has 1 heterocycles. The summed E-state index contributed by atoms with van der Waals surface area (Å²) in [4.78, 5) is 13.9. The van der Waals surface area contributed by atoms with E-state index in [0.29, 0.717) is 30.2 Å². The third-order valence-corrected chi connectivity index (χ3v) is 6.09. The van der Waals surface area contributed by atoms with E-state index in [1.54, 1.807) is 21.3 Å². The van der Waals surface area contributed by atoms with Crippen molar-refractivity contribution in [3.05, 3.63) is 52.0 Å². The van der Waals surface area contributed by atoms with Gasteiger partial charge in [0.25, 0.3) is 0 Å². The number of piperidine rings is 1. The second kappa shape index (κ2) is 9.50. The first-order valence-corrected chi connectivity index (χ1v) is 10.3. The average Bonchev–Trinajstić information content (AvgIpc) is 2.74. The van der Waals surface area contributed by atoms with Crippen LogP contribution in [0.4, 0.5) is 0 Å². The number of ether oxygens (including phenoxy) is 3. The van der Waals surface area contributed by atoms with Crippen LogP contribution in [0.3, 0.4) is 0 Å². The predicted octanol–water partition coefficient (Wildman–Crippen LogP) is 4.36. The van der Waals surface area contributed by atoms with E-state index in [2.05, 4.69) is 26.9 Å². The summed E-state index contributed by atoms with van der Waals surface area (Å²) in [6.07, 6.45) is 1.53. The van der Waals surface area contributed by atoms with Crippen LogP contribution in [-0.2, 0) is 4.79 Å². The third-order valence-electron chi connectivity index (χ3n) is 5.37. The van der Waals surface area contributed by atoms with Crippen molar-refractivity contribution in [2.45, 2.75) is 18.9 Å². The molecule has 2 aromatic rings. The van der Waals surface area contributed by atoms with Crippen LogP contribution in [0.25, 0.3) is 0 Å². The number of hydrogen-bond donors (Lipinski definition) is 1. The van der Waals surface area contributed by atoms with Gasteiger partial charge < -0.3 is 19.3 Å². The van der Waals surface area contributed by atoms with Crippen LogP contribution in [0.2, 0.25) is 0 Å². The Morgan fingerprint density at radius 1 is 1.14 bits per heavy atom. The monoisotopic (exact) mass is 463 g/mol. The normalized spacial score (nSPS) is 18.1. The molecule has 29 heavy (non-hydrogen) atoms. The van der Waals surface area contributed by atoms with E-state index in [4.69, 9.17) is 14.2 Å². The summed E-state index contributed by atoms with van der Waals surface area (Å²) < 4.78 is 17.5. The second-order valence-corrected chi connectivity index (χ2v) is 7.91. The molecule has 0 amide bonds. The number of hydrogen-bond acceptors (Lipinski definition) is 5. The van der Waals surface area contributed by atoms with Gasteiger partial charge in [0.15, 0.2) is 11.5 Å². The molecule has 2 unspecified atom stereocenters. The van der Waals surface area contributed by atoms with Crippen molar-refractivity contribution in [3.8, 4) is 17.2 Å². The molecular weight excluding hydrogens is 438 g/mol. The molecular formula is C22H26BrNO5. The Balaban J connectivity index is 2.14. The lowest BCUT2D eigenvalue weighted by molar-refractivity contribution is -0.143. The van der Waals surface area contributed by atoms with Crippen molar-refractivity contribution >= 4 is 21.9 Å². The fourth-order valence-electron chi connectivity index (χ4n) is 3.99. The molecule has 3 rings (SSSR count). The Morgan fingerprint density at radius 3 is 2.34 bits per heavy atom. The largest absolute Gasteiger partial charge is 0.493 e. The number of likely N-dealkylation sites (tertiary alicyclic amines) is 1. The SMILES string of the molecule is COc1cc(C(c2ccccc2Br)N2CCCC(C(=O)O)C2)cc(OC)c1OC. The first-order chi connectivity index (χ1) is 14.0. The number of aliphatic carboxylic acids is 1. The highest BCUT2D eigenvalue weighted by molar-refractivity contribution is 9.10. The summed E-state index contributed by atoms with van der Waals surface area (Å²) in [7, 11) is 4.76. The van der Waals surface area contributed by atoms with Gasteiger partial charge in [-0.25, -0.2) is 0 Å². The summed E-state index contributed by atoms with van der Waals surface area (Å²) in [5.74, 6) is 0.560. The van der Waals surface area contributed by atoms with Gasteiger partial charge in [-0.2, -0.15) is 0 Å². The topological polar surface area (TPSA) is 68.2 Å². The van der Waals surface area contributed by atoms with E-state index < -0.39 is 5.97 Å². The highest BCUT2D eigenvalue weighted by Crippen LogP contribution is 2.44. The summed E-state index contributed by atoms with van der Waals surface area (Å²) >= 11 is 3.67. The maximum absolute atomic E-state index is 11.7. The number of benzene rings is 2. The zero-order chi connectivity index (χ0) is 21.0. The minimum absolute atomic E-state index is 0.151. The maximum atomic E-state index is 11.7. The van der Waals surface area contributed by atoms with Crippen LogP contribution in [0, 0.1) is 5.92 Å². The van der Waals surface area contributed by atoms with Gasteiger partial charge >= 0.3 is 5.97 Å². The Morgan fingerprint density at radius 2 is 1.79 bits per heavy atom. The van der Waals surface area contributed by atoms with Crippen LogP contribution in [0.1, 0.15) is 30.0 Å². The highest BCUT2D eigenvalue weighted by Gasteiger charge is 2.33. The fourth-order valence-corrected chi connectivity index (χ4v) is 4.49. The molecule has 6 nitrogen and oxygen atoms in total. The third kappa shape index (κ3) is 4.51. The molecule has 0 aromatic heterocycles. The van der Waals surface area contributed by atoms with Crippen molar-refractivity contribution in [2.24, 2.45) is 5.92 Å². The van der Waals surface area contributed by atoms with E-state index in [1.165, 1.54) is 0 Å². The van der Waals surface area contributed by atoms with E-state index in [1.807, 2.05) is 30.3 Å². The van der Waals surface area contributed by atoms with E-state index in [-0.39, 0.29) is 12.0 Å². The molecule has 1 aliphatic heterocycles. The minimum Gasteiger partial charge on any atom is -0.493 e. The highest BCUT2D eigenvalue weighted by atomic mass is 79.9. The van der Waals surface area contributed by atoms with E-state index in [0.717, 1.165) is 28.6 Å². The Bertz CT molecular complexity index is 847. The molecule has 2 atom stereocenters. The molecule has 1 saturated heterocycles. The van der Waals surface area contributed by atoms with Gasteiger partial charge in [-0.15, -0.1) is 0 Å². The molecule has 0 aliphatic carbocycles. The van der Waals surface area contributed by atoms with E-state index in [9.17, 15) is 9.90 Å². The zero-order valence-corrected chi connectivity index (χ0v) is 18.4. The summed E-state index contributed by atoms with van der Waals surface area (Å²) in [6, 6.07) is 11.7. The fraction of sp³-hybridized carbons (Fsp3) is 0.409. The molecule has 0 saturated carbocycles. The van der Waals surface area contributed by atoms with Crippen molar-refractivity contribution < 1.29 is 24.1 Å². The summed E-state index contributed by atoms with van der Waals surface area (Å²) in [6.45, 7) is 1.30. The number of carboxylic acids is 1. The van der Waals surface area contributed by atoms with Gasteiger partial charge in [0.2, 0.25) is 5.75 Å². The molecule has 0 radical (unpaired) electrons. The van der Waals surface area contributed by atoms with Gasteiger partial charge in [0, 0.05) is 11.0 Å². The maximum Gasteiger partial charge on any atom is 0.307 e. The number of nitrogens with zero attached hydrogens (tertiary/aromatic N) is 1. The number of halogens is 1. The van der Waals surface area contributed by atoms with Crippen molar-refractivity contribution in [1.29, 1.82) is 0 Å². The lowest BCUT2D eigenvalue weighted by Gasteiger charge is -2.38. The molecule has 0 bridgehead atoms. The Labute approximate surface area is 179 Å². The Hall–Kier alpha value is -2.25. The van der Waals surface area contributed by atoms with Gasteiger partial charge in [-0.1, -0.05) is 34.1 Å². The van der Waals surface area contributed by atoms with Crippen LogP contribution >= 0.6 is 15.9 Å². The molecule has 7 heteroatoms. The first-order valence-electron chi connectivity index (χ1n) is 9.51. The van der Waals surface area contributed by atoms with E-state index >= 15 is 0 Å². The van der Waals surface area contributed by atoms with Crippen LogP contribution in [-0.4, -0.2) is 50.4 Å².